The summed E-state index contributed by atoms with van der Waals surface area (Å²) in [6.07, 6.45) is -4.57. The van der Waals surface area contributed by atoms with Crippen molar-refractivity contribution < 1.29 is 27.8 Å². The molecule has 98 valence electrons. The smallest absolute Gasteiger partial charge is 0.430 e. The summed E-state index contributed by atoms with van der Waals surface area (Å²) < 4.78 is 41.2. The fraction of sp³-hybridized carbons (Fsp3) is 0.182. The van der Waals surface area contributed by atoms with Crippen LogP contribution in [0, 0.1) is 0 Å². The molecule has 0 fully saturated rings. The van der Waals surface area contributed by atoms with Gasteiger partial charge in [0.25, 0.3) is 0 Å². The summed E-state index contributed by atoms with van der Waals surface area (Å²) in [4.78, 5) is 11.5. The second kappa shape index (κ2) is 4.99. The Morgan fingerprint density at radius 3 is 2.56 bits per heavy atom. The topological polar surface area (TPSA) is 72.5 Å². The first-order valence-electron chi connectivity index (χ1n) is 4.71. The van der Waals surface area contributed by atoms with Crippen molar-refractivity contribution in [3.8, 4) is 11.5 Å². The molecule has 0 heterocycles. The third kappa shape index (κ3) is 3.16. The number of benzene rings is 1. The van der Waals surface area contributed by atoms with Crippen molar-refractivity contribution in [2.45, 2.75) is 6.18 Å². The number of nitrogens with two attached hydrogens (primary N) is 1. The number of phenols is 1. The van der Waals surface area contributed by atoms with E-state index in [9.17, 15) is 23.1 Å². The molecule has 0 atom stereocenters. The first-order valence-corrected chi connectivity index (χ1v) is 4.71. The van der Waals surface area contributed by atoms with E-state index in [1.54, 1.807) is 0 Å². The third-order valence-corrected chi connectivity index (χ3v) is 2.08. The Morgan fingerprint density at radius 1 is 1.44 bits per heavy atom. The van der Waals surface area contributed by atoms with Crippen LogP contribution in [0.15, 0.2) is 30.0 Å². The largest absolute Gasteiger partial charge is 0.507 e. The first-order chi connectivity index (χ1) is 8.25. The lowest BCUT2D eigenvalue weighted by Crippen LogP contribution is -2.20. The van der Waals surface area contributed by atoms with Crippen LogP contribution in [-0.2, 0) is 0 Å². The van der Waals surface area contributed by atoms with Crippen LogP contribution < -0.4 is 10.5 Å². The van der Waals surface area contributed by atoms with E-state index in [-0.39, 0.29) is 17.4 Å². The number of carbonyl (C=O) groups excluding carboxylic acids is 1. The number of alkyl halides is 3. The number of ketones is 1. The van der Waals surface area contributed by atoms with Gasteiger partial charge in [-0.15, -0.1) is 0 Å². The van der Waals surface area contributed by atoms with E-state index in [1.807, 2.05) is 0 Å². The Labute approximate surface area is 100 Å². The van der Waals surface area contributed by atoms with Crippen LogP contribution in [0.3, 0.4) is 0 Å². The van der Waals surface area contributed by atoms with E-state index in [2.05, 4.69) is 0 Å². The number of methoxy groups -OCH3 is 1. The molecular formula is C11H10F3NO3. The maximum atomic E-state index is 12.1. The van der Waals surface area contributed by atoms with Gasteiger partial charge in [-0.05, 0) is 18.2 Å². The minimum atomic E-state index is -4.79. The molecule has 0 saturated heterocycles. The maximum Gasteiger partial charge on any atom is 0.430 e. The predicted octanol–water partition coefficient (Wildman–Crippen LogP) is 1.99. The number of ether oxygens (including phenoxy) is 1. The Morgan fingerprint density at radius 2 is 2.06 bits per heavy atom. The first kappa shape index (κ1) is 13.9. The molecule has 1 aromatic rings. The van der Waals surface area contributed by atoms with Gasteiger partial charge < -0.3 is 15.6 Å². The predicted molar refractivity (Wildman–Crippen MR) is 57.3 cm³/mol. The van der Waals surface area contributed by atoms with E-state index in [0.717, 1.165) is 12.1 Å². The molecule has 0 radical (unpaired) electrons. The molecule has 1 rings (SSSR count). The maximum absolute atomic E-state index is 12.1. The second-order valence-electron chi connectivity index (χ2n) is 3.34. The lowest BCUT2D eigenvalue weighted by atomic mass is 10.1. The Kier molecular flexibility index (Phi) is 3.85. The number of halogens is 3. The van der Waals surface area contributed by atoms with E-state index < -0.39 is 23.4 Å². The molecule has 0 aliphatic carbocycles. The summed E-state index contributed by atoms with van der Waals surface area (Å²) in [7, 11) is 1.32. The van der Waals surface area contributed by atoms with Crippen LogP contribution in [0.2, 0.25) is 0 Å². The average molecular weight is 261 g/mol. The highest BCUT2D eigenvalue weighted by molar-refractivity contribution is 6.07. The number of allylic oxidation sites excluding steroid dienone is 2. The monoisotopic (exact) mass is 261 g/mol. The van der Waals surface area contributed by atoms with Crippen molar-refractivity contribution in [3.63, 3.8) is 0 Å². The molecular weight excluding hydrogens is 251 g/mol. The molecule has 4 nitrogen and oxygen atoms in total. The summed E-state index contributed by atoms with van der Waals surface area (Å²) in [5.74, 6) is -1.27. The molecule has 0 unspecified atom stereocenters. The molecule has 7 heteroatoms. The van der Waals surface area contributed by atoms with Gasteiger partial charge in [0.05, 0.1) is 12.7 Å². The van der Waals surface area contributed by atoms with Crippen LogP contribution in [0.5, 0.6) is 11.5 Å². The molecule has 0 aromatic heterocycles. The minimum Gasteiger partial charge on any atom is -0.507 e. The van der Waals surface area contributed by atoms with E-state index in [4.69, 9.17) is 10.5 Å². The van der Waals surface area contributed by atoms with Gasteiger partial charge in [0.1, 0.15) is 17.2 Å². The number of hydrogen-bond acceptors (Lipinski definition) is 4. The highest BCUT2D eigenvalue weighted by atomic mass is 19.4. The quantitative estimate of drug-likeness (QED) is 0.644. The van der Waals surface area contributed by atoms with Gasteiger partial charge in [-0.3, -0.25) is 4.79 Å². The number of rotatable bonds is 3. The number of hydrogen-bond donors (Lipinski definition) is 2. The van der Waals surface area contributed by atoms with Gasteiger partial charge in [-0.1, -0.05) is 0 Å². The number of aromatic hydroxyl groups is 1. The molecule has 0 bridgehead atoms. The summed E-state index contributed by atoms with van der Waals surface area (Å²) in [5, 5.41) is 9.39. The van der Waals surface area contributed by atoms with Gasteiger partial charge >= 0.3 is 6.18 Å². The summed E-state index contributed by atoms with van der Waals surface area (Å²) in [6, 6.07) is 3.63. The van der Waals surface area contributed by atoms with E-state index >= 15 is 0 Å². The fourth-order valence-corrected chi connectivity index (χ4v) is 1.14. The zero-order valence-corrected chi connectivity index (χ0v) is 9.28. The molecule has 0 aliphatic rings. The molecule has 0 amide bonds. The Bertz CT molecular complexity index is 495. The standard InChI is InChI=1S/C11H10F3NO3/c1-18-6-2-3-8(16)7(4-6)9(17)5-10(15)11(12,13)14/h2-5,16H,15H2,1H3. The van der Waals surface area contributed by atoms with Crippen molar-refractivity contribution in [1.29, 1.82) is 0 Å². The van der Waals surface area contributed by atoms with Crippen LogP contribution in [0.1, 0.15) is 10.4 Å². The van der Waals surface area contributed by atoms with Crippen molar-refractivity contribution in [1.82, 2.24) is 0 Å². The third-order valence-electron chi connectivity index (χ3n) is 2.08. The van der Waals surface area contributed by atoms with Gasteiger partial charge in [-0.2, -0.15) is 13.2 Å². The zero-order valence-electron chi connectivity index (χ0n) is 9.28. The van der Waals surface area contributed by atoms with Crippen LogP contribution in [-0.4, -0.2) is 24.2 Å². The van der Waals surface area contributed by atoms with Crippen molar-refractivity contribution in [3.05, 3.63) is 35.5 Å². The normalized spacial score (nSPS) is 12.3. The zero-order chi connectivity index (χ0) is 13.9. The second-order valence-corrected chi connectivity index (χ2v) is 3.34. The lowest BCUT2D eigenvalue weighted by Gasteiger charge is -2.07. The van der Waals surface area contributed by atoms with Crippen LogP contribution in [0.4, 0.5) is 13.2 Å². The van der Waals surface area contributed by atoms with Gasteiger partial charge in [0, 0.05) is 6.08 Å². The van der Waals surface area contributed by atoms with Gasteiger partial charge in [0.2, 0.25) is 0 Å². The molecule has 18 heavy (non-hydrogen) atoms. The molecule has 0 aliphatic heterocycles. The van der Waals surface area contributed by atoms with Gasteiger partial charge in [-0.25, -0.2) is 0 Å². The van der Waals surface area contributed by atoms with E-state index in [0.29, 0.717) is 0 Å². The van der Waals surface area contributed by atoms with Gasteiger partial charge in [0.15, 0.2) is 5.78 Å². The Balaban J connectivity index is 3.12. The fourth-order valence-electron chi connectivity index (χ4n) is 1.14. The van der Waals surface area contributed by atoms with Crippen molar-refractivity contribution in [2.75, 3.05) is 7.11 Å². The summed E-state index contributed by atoms with van der Waals surface area (Å²) in [5.41, 5.74) is 2.86. The summed E-state index contributed by atoms with van der Waals surface area (Å²) in [6.45, 7) is 0. The molecule has 0 spiro atoms. The minimum absolute atomic E-state index is 0.217. The molecule has 3 N–H and O–H groups in total. The lowest BCUT2D eigenvalue weighted by molar-refractivity contribution is -0.0927. The number of phenolic OH excluding ortho intramolecular Hbond substituents is 1. The number of carbonyl (C=O) groups is 1. The highest BCUT2D eigenvalue weighted by Gasteiger charge is 2.32. The molecule has 0 saturated carbocycles. The molecule has 1 aromatic carbocycles. The van der Waals surface area contributed by atoms with Crippen molar-refractivity contribution >= 4 is 5.78 Å². The van der Waals surface area contributed by atoms with Crippen molar-refractivity contribution in [2.24, 2.45) is 5.73 Å². The Hall–Kier alpha value is -2.18. The van der Waals surface area contributed by atoms with E-state index in [1.165, 1.54) is 13.2 Å². The highest BCUT2D eigenvalue weighted by Crippen LogP contribution is 2.26. The van der Waals surface area contributed by atoms with Crippen LogP contribution in [0.25, 0.3) is 0 Å². The van der Waals surface area contributed by atoms with Crippen LogP contribution >= 0.6 is 0 Å². The SMILES string of the molecule is COc1ccc(O)c(C(=O)C=C(N)C(F)(F)F)c1. The summed E-state index contributed by atoms with van der Waals surface area (Å²) >= 11 is 0. The average Bonchev–Trinajstić information content (AvgIpc) is 2.28.